The molecule has 0 aromatic heterocycles. The van der Waals surface area contributed by atoms with Crippen molar-refractivity contribution in [1.82, 2.24) is 4.90 Å². The van der Waals surface area contributed by atoms with Crippen LogP contribution in [-0.4, -0.2) is 42.0 Å². The molecule has 0 aliphatic heterocycles. The van der Waals surface area contributed by atoms with Gasteiger partial charge in [0.05, 0.1) is 6.61 Å². The summed E-state index contributed by atoms with van der Waals surface area (Å²) < 4.78 is 0. The zero-order valence-electron chi connectivity index (χ0n) is 9.84. The Hall–Kier alpha value is -0.410. The lowest BCUT2D eigenvalue weighted by Gasteiger charge is -2.29. The van der Waals surface area contributed by atoms with Crippen LogP contribution in [-0.2, 0) is 4.79 Å². The lowest BCUT2D eigenvalue weighted by molar-refractivity contribution is -0.117. The summed E-state index contributed by atoms with van der Waals surface area (Å²) in [4.78, 5) is 13.0. The van der Waals surface area contributed by atoms with Crippen LogP contribution in [0.5, 0.6) is 0 Å². The Kier molecular flexibility index (Phi) is 5.96. The lowest BCUT2D eigenvalue weighted by Crippen LogP contribution is -2.36. The van der Waals surface area contributed by atoms with Gasteiger partial charge in [-0.2, -0.15) is 0 Å². The van der Waals surface area contributed by atoms with Gasteiger partial charge in [-0.15, -0.1) is 0 Å². The third-order valence-corrected chi connectivity index (χ3v) is 1.89. The monoisotopic (exact) mass is 201 g/mol. The van der Waals surface area contributed by atoms with Crippen molar-refractivity contribution in [2.24, 2.45) is 5.41 Å². The van der Waals surface area contributed by atoms with Gasteiger partial charge in [0, 0.05) is 26.1 Å². The molecule has 1 N–H and O–H groups in total. The molecule has 0 rings (SSSR count). The number of carbonyl (C=O) groups excluding carboxylic acids is 1. The van der Waals surface area contributed by atoms with E-state index in [2.05, 4.69) is 25.7 Å². The second-order valence-electron chi connectivity index (χ2n) is 5.01. The van der Waals surface area contributed by atoms with Crippen LogP contribution in [0.4, 0.5) is 0 Å². The molecule has 0 aliphatic carbocycles. The Balaban J connectivity index is 3.95. The Morgan fingerprint density at radius 2 is 1.86 bits per heavy atom. The minimum absolute atomic E-state index is 0.161. The largest absolute Gasteiger partial charge is 0.395 e. The fraction of sp³-hybridized carbons (Fsp3) is 0.909. The standard InChI is InChI=1S/C11H23NO2/c1-10(14)5-6-12(7-8-13)9-11(2,3)4/h13H,5-9H2,1-4H3. The fourth-order valence-electron chi connectivity index (χ4n) is 1.40. The second kappa shape index (κ2) is 6.14. The molecular weight excluding hydrogens is 178 g/mol. The lowest BCUT2D eigenvalue weighted by atomic mass is 9.96. The molecule has 0 amide bonds. The quantitative estimate of drug-likeness (QED) is 0.704. The van der Waals surface area contributed by atoms with E-state index < -0.39 is 0 Å². The Morgan fingerprint density at radius 3 is 2.21 bits per heavy atom. The summed E-state index contributed by atoms with van der Waals surface area (Å²) in [6.07, 6.45) is 0.579. The zero-order valence-corrected chi connectivity index (χ0v) is 9.84. The molecule has 3 nitrogen and oxygen atoms in total. The Labute approximate surface area is 87.1 Å². The van der Waals surface area contributed by atoms with Crippen molar-refractivity contribution in [3.05, 3.63) is 0 Å². The molecule has 0 aromatic carbocycles. The first kappa shape index (κ1) is 13.6. The predicted octanol–water partition coefficient (Wildman–Crippen LogP) is 1.31. The zero-order chi connectivity index (χ0) is 11.2. The third kappa shape index (κ3) is 8.20. The van der Waals surface area contributed by atoms with E-state index in [-0.39, 0.29) is 17.8 Å². The number of Topliss-reactive ketones (excluding diaryl/α,β-unsaturated/α-hetero) is 1. The van der Waals surface area contributed by atoms with Gasteiger partial charge in [-0.25, -0.2) is 0 Å². The topological polar surface area (TPSA) is 40.5 Å². The number of nitrogens with zero attached hydrogens (tertiary/aromatic N) is 1. The van der Waals surface area contributed by atoms with Gasteiger partial charge < -0.3 is 10.0 Å². The van der Waals surface area contributed by atoms with E-state index in [4.69, 9.17) is 5.11 Å². The van der Waals surface area contributed by atoms with E-state index in [0.717, 1.165) is 13.1 Å². The molecule has 0 saturated heterocycles. The van der Waals surface area contributed by atoms with Crippen molar-refractivity contribution < 1.29 is 9.90 Å². The first-order chi connectivity index (χ1) is 6.35. The van der Waals surface area contributed by atoms with E-state index in [0.29, 0.717) is 13.0 Å². The fourth-order valence-corrected chi connectivity index (χ4v) is 1.40. The molecule has 0 aromatic rings. The highest BCUT2D eigenvalue weighted by Gasteiger charge is 2.15. The van der Waals surface area contributed by atoms with Crippen molar-refractivity contribution >= 4 is 5.78 Å². The normalized spacial score (nSPS) is 12.1. The Morgan fingerprint density at radius 1 is 1.29 bits per heavy atom. The molecule has 0 bridgehead atoms. The van der Waals surface area contributed by atoms with E-state index >= 15 is 0 Å². The molecule has 0 spiro atoms. The number of ketones is 1. The summed E-state index contributed by atoms with van der Waals surface area (Å²) in [5.41, 5.74) is 0.214. The van der Waals surface area contributed by atoms with E-state index in [1.165, 1.54) is 0 Å². The predicted molar refractivity (Wildman–Crippen MR) is 58.3 cm³/mol. The number of aliphatic hydroxyl groups excluding tert-OH is 1. The van der Waals surface area contributed by atoms with Gasteiger partial charge in [0.1, 0.15) is 5.78 Å². The average Bonchev–Trinajstić information content (AvgIpc) is 1.98. The summed E-state index contributed by atoms with van der Waals surface area (Å²) >= 11 is 0. The van der Waals surface area contributed by atoms with Crippen molar-refractivity contribution in [2.45, 2.75) is 34.1 Å². The summed E-state index contributed by atoms with van der Waals surface area (Å²) in [6.45, 7) is 10.6. The molecular formula is C11H23NO2. The minimum Gasteiger partial charge on any atom is -0.395 e. The third-order valence-electron chi connectivity index (χ3n) is 1.89. The molecule has 0 fully saturated rings. The maximum atomic E-state index is 10.8. The van der Waals surface area contributed by atoms with Gasteiger partial charge >= 0.3 is 0 Å². The SMILES string of the molecule is CC(=O)CCN(CCO)CC(C)(C)C. The maximum Gasteiger partial charge on any atom is 0.131 e. The molecule has 3 heteroatoms. The van der Waals surface area contributed by atoms with E-state index in [1.807, 2.05) is 0 Å². The second-order valence-corrected chi connectivity index (χ2v) is 5.01. The first-order valence-electron chi connectivity index (χ1n) is 5.18. The number of hydrogen-bond donors (Lipinski definition) is 1. The van der Waals surface area contributed by atoms with Gasteiger partial charge in [-0.05, 0) is 12.3 Å². The van der Waals surface area contributed by atoms with Crippen LogP contribution >= 0.6 is 0 Å². The maximum absolute atomic E-state index is 10.8. The highest BCUT2D eigenvalue weighted by atomic mass is 16.3. The van der Waals surface area contributed by atoms with Crippen molar-refractivity contribution in [3.63, 3.8) is 0 Å². The smallest absolute Gasteiger partial charge is 0.131 e. The number of carbonyl (C=O) groups is 1. The highest BCUT2D eigenvalue weighted by Crippen LogP contribution is 2.15. The molecule has 0 radical (unpaired) electrons. The van der Waals surface area contributed by atoms with Crippen LogP contribution in [0.3, 0.4) is 0 Å². The van der Waals surface area contributed by atoms with Crippen LogP contribution in [0.1, 0.15) is 34.1 Å². The van der Waals surface area contributed by atoms with Crippen molar-refractivity contribution in [3.8, 4) is 0 Å². The van der Waals surface area contributed by atoms with Crippen molar-refractivity contribution in [1.29, 1.82) is 0 Å². The van der Waals surface area contributed by atoms with Gasteiger partial charge in [-0.3, -0.25) is 4.79 Å². The van der Waals surface area contributed by atoms with E-state index in [9.17, 15) is 4.79 Å². The van der Waals surface area contributed by atoms with Crippen LogP contribution in [0.2, 0.25) is 0 Å². The number of aliphatic hydroxyl groups is 1. The molecule has 84 valence electrons. The number of rotatable bonds is 6. The summed E-state index contributed by atoms with van der Waals surface area (Å²) in [6, 6.07) is 0. The molecule has 0 unspecified atom stereocenters. The average molecular weight is 201 g/mol. The van der Waals surface area contributed by atoms with Crippen molar-refractivity contribution in [2.75, 3.05) is 26.2 Å². The molecule has 14 heavy (non-hydrogen) atoms. The van der Waals surface area contributed by atoms with Crippen LogP contribution in [0, 0.1) is 5.41 Å². The van der Waals surface area contributed by atoms with E-state index in [1.54, 1.807) is 6.92 Å². The summed E-state index contributed by atoms with van der Waals surface area (Å²) in [7, 11) is 0. The molecule has 0 aliphatic rings. The Bertz CT molecular complexity index is 173. The van der Waals surface area contributed by atoms with Gasteiger partial charge in [-0.1, -0.05) is 20.8 Å². The first-order valence-corrected chi connectivity index (χ1v) is 5.18. The summed E-state index contributed by atoms with van der Waals surface area (Å²) in [5.74, 6) is 0.210. The molecule has 0 atom stereocenters. The number of hydrogen-bond acceptors (Lipinski definition) is 3. The minimum atomic E-state index is 0.161. The van der Waals surface area contributed by atoms with Crippen LogP contribution in [0.25, 0.3) is 0 Å². The van der Waals surface area contributed by atoms with Crippen LogP contribution < -0.4 is 0 Å². The molecule has 0 saturated carbocycles. The molecule has 0 heterocycles. The highest BCUT2D eigenvalue weighted by molar-refractivity contribution is 5.75. The van der Waals surface area contributed by atoms with Gasteiger partial charge in [0.15, 0.2) is 0 Å². The summed E-state index contributed by atoms with van der Waals surface area (Å²) in [5, 5.41) is 8.87. The van der Waals surface area contributed by atoms with Crippen LogP contribution in [0.15, 0.2) is 0 Å². The van der Waals surface area contributed by atoms with Gasteiger partial charge in [0.2, 0.25) is 0 Å². The van der Waals surface area contributed by atoms with Gasteiger partial charge in [0.25, 0.3) is 0 Å².